The first-order valence-electron chi connectivity index (χ1n) is 5.14. The molecule has 1 rings (SSSR count). The van der Waals surface area contributed by atoms with E-state index in [1.54, 1.807) is 19.1 Å². The molecule has 0 aromatic heterocycles. The highest BCUT2D eigenvalue weighted by Gasteiger charge is 2.27. The van der Waals surface area contributed by atoms with Crippen molar-refractivity contribution in [1.82, 2.24) is 0 Å². The van der Waals surface area contributed by atoms with E-state index in [2.05, 4.69) is 20.3 Å². The van der Waals surface area contributed by atoms with Crippen molar-refractivity contribution in [1.29, 1.82) is 0 Å². The van der Waals surface area contributed by atoms with Crippen molar-refractivity contribution in [2.24, 2.45) is 4.40 Å². The van der Waals surface area contributed by atoms with Crippen molar-refractivity contribution in [2.75, 3.05) is 0 Å². The summed E-state index contributed by atoms with van der Waals surface area (Å²) in [5, 5.41) is 0. The van der Waals surface area contributed by atoms with Crippen molar-refractivity contribution >= 4 is 33.0 Å². The highest BCUT2D eigenvalue weighted by atomic mass is 79.9. The molecule has 0 aliphatic carbocycles. The zero-order valence-corrected chi connectivity index (χ0v) is 12.7. The second-order valence-electron chi connectivity index (χ2n) is 4.66. The van der Waals surface area contributed by atoms with E-state index >= 15 is 0 Å². The molecule has 0 amide bonds. The van der Waals surface area contributed by atoms with E-state index in [-0.39, 0.29) is 5.82 Å². The monoisotopic (exact) mass is 319 g/mol. The Hall–Kier alpha value is -0.390. The molecule has 0 aliphatic heterocycles. The molecule has 0 saturated carbocycles. The van der Waals surface area contributed by atoms with Crippen LogP contribution in [-0.4, -0.2) is 15.0 Å². The average molecular weight is 320 g/mol. The predicted octanol–water partition coefficient (Wildman–Crippen LogP) is 3.86. The Morgan fingerprint density at radius 2 is 2.00 bits per heavy atom. The van der Waals surface area contributed by atoms with Gasteiger partial charge in [-0.15, -0.1) is 0 Å². The van der Waals surface area contributed by atoms with Crippen LogP contribution in [0.15, 0.2) is 27.1 Å². The minimum Gasteiger partial charge on any atom is -0.591 e. The molecule has 1 aromatic carbocycles. The molecule has 0 heterocycles. The molecule has 0 saturated heterocycles. The van der Waals surface area contributed by atoms with E-state index in [1.165, 1.54) is 6.07 Å². The first kappa shape index (κ1) is 14.7. The molecule has 17 heavy (non-hydrogen) atoms. The van der Waals surface area contributed by atoms with Crippen LogP contribution in [0.25, 0.3) is 0 Å². The van der Waals surface area contributed by atoms with Gasteiger partial charge >= 0.3 is 0 Å². The number of benzene rings is 1. The lowest BCUT2D eigenvalue weighted by atomic mass is 10.1. The molecular weight excluding hydrogens is 305 g/mol. The topological polar surface area (TPSA) is 35.4 Å². The summed E-state index contributed by atoms with van der Waals surface area (Å²) < 4.78 is 29.8. The standard InChI is InChI=1S/C12H15BrFNOS/c1-8(15-17(16)12(2,3)4)10-7-9(13)5-6-11(10)14/h5-7H,1-4H3. The van der Waals surface area contributed by atoms with Gasteiger partial charge in [-0.1, -0.05) is 20.3 Å². The molecule has 1 unspecified atom stereocenters. The Kier molecular flexibility index (Phi) is 4.75. The highest BCUT2D eigenvalue weighted by molar-refractivity contribution is 9.10. The Labute approximate surface area is 113 Å². The van der Waals surface area contributed by atoms with Crippen LogP contribution in [0.1, 0.15) is 33.3 Å². The van der Waals surface area contributed by atoms with Crippen LogP contribution >= 0.6 is 15.9 Å². The molecule has 1 atom stereocenters. The first-order chi connectivity index (χ1) is 7.71. The van der Waals surface area contributed by atoms with Gasteiger partial charge in [0.25, 0.3) is 0 Å². The molecule has 2 nitrogen and oxygen atoms in total. The largest absolute Gasteiger partial charge is 0.591 e. The number of hydrogen-bond donors (Lipinski definition) is 0. The predicted molar refractivity (Wildman–Crippen MR) is 74.2 cm³/mol. The fourth-order valence-corrected chi connectivity index (χ4v) is 2.07. The van der Waals surface area contributed by atoms with Crippen molar-refractivity contribution < 1.29 is 8.94 Å². The van der Waals surface area contributed by atoms with Gasteiger partial charge < -0.3 is 4.55 Å². The van der Waals surface area contributed by atoms with Gasteiger partial charge in [0.15, 0.2) is 0 Å². The van der Waals surface area contributed by atoms with E-state index in [9.17, 15) is 8.94 Å². The van der Waals surface area contributed by atoms with E-state index in [0.29, 0.717) is 11.3 Å². The van der Waals surface area contributed by atoms with Gasteiger partial charge in [-0.3, -0.25) is 0 Å². The minimum absolute atomic E-state index is 0.361. The van der Waals surface area contributed by atoms with Crippen molar-refractivity contribution in [3.63, 3.8) is 0 Å². The van der Waals surface area contributed by atoms with Crippen molar-refractivity contribution in [3.8, 4) is 0 Å². The lowest BCUT2D eigenvalue weighted by Crippen LogP contribution is -2.26. The maximum atomic E-state index is 13.6. The van der Waals surface area contributed by atoms with Gasteiger partial charge in [-0.25, -0.2) is 4.39 Å². The maximum Gasteiger partial charge on any atom is 0.144 e. The number of rotatable bonds is 2. The van der Waals surface area contributed by atoms with Crippen molar-refractivity contribution in [2.45, 2.75) is 32.4 Å². The SMILES string of the molecule is CC(=N[S+]([O-])C(C)(C)C)c1cc(Br)ccc1F. The van der Waals surface area contributed by atoms with E-state index < -0.39 is 16.1 Å². The smallest absolute Gasteiger partial charge is 0.144 e. The lowest BCUT2D eigenvalue weighted by molar-refractivity contribution is 0.561. The van der Waals surface area contributed by atoms with E-state index in [4.69, 9.17) is 0 Å². The molecule has 0 radical (unpaired) electrons. The summed E-state index contributed by atoms with van der Waals surface area (Å²) in [6.45, 7) is 7.15. The van der Waals surface area contributed by atoms with Crippen LogP contribution in [0.3, 0.4) is 0 Å². The molecular formula is C12H15BrFNOS. The fourth-order valence-electron chi connectivity index (χ4n) is 1.09. The van der Waals surface area contributed by atoms with Gasteiger partial charge in [-0.2, -0.15) is 0 Å². The quantitative estimate of drug-likeness (QED) is 0.602. The Morgan fingerprint density at radius 3 is 2.53 bits per heavy atom. The van der Waals surface area contributed by atoms with Gasteiger partial charge in [0.05, 0.1) is 5.71 Å². The minimum atomic E-state index is -1.38. The van der Waals surface area contributed by atoms with Crippen LogP contribution < -0.4 is 0 Å². The Morgan fingerprint density at radius 1 is 1.41 bits per heavy atom. The molecule has 1 aromatic rings. The van der Waals surface area contributed by atoms with Gasteiger partial charge in [0, 0.05) is 10.0 Å². The second-order valence-corrected chi connectivity index (χ2v) is 7.48. The Balaban J connectivity index is 3.08. The van der Waals surface area contributed by atoms with Gasteiger partial charge in [0.1, 0.15) is 21.9 Å². The zero-order chi connectivity index (χ0) is 13.2. The first-order valence-corrected chi connectivity index (χ1v) is 7.04. The normalized spacial score (nSPS) is 14.9. The third kappa shape index (κ3) is 4.08. The van der Waals surface area contributed by atoms with Crippen molar-refractivity contribution in [3.05, 3.63) is 34.1 Å². The second kappa shape index (κ2) is 5.50. The molecule has 0 aliphatic rings. The molecule has 0 N–H and O–H groups in total. The lowest BCUT2D eigenvalue weighted by Gasteiger charge is -2.18. The fraction of sp³-hybridized carbons (Fsp3) is 0.417. The third-order valence-electron chi connectivity index (χ3n) is 2.06. The van der Waals surface area contributed by atoms with Crippen LogP contribution in [0.5, 0.6) is 0 Å². The van der Waals surface area contributed by atoms with Gasteiger partial charge in [0.2, 0.25) is 0 Å². The zero-order valence-electron chi connectivity index (χ0n) is 10.3. The average Bonchev–Trinajstić information content (AvgIpc) is 2.20. The van der Waals surface area contributed by atoms with Crippen LogP contribution in [0.2, 0.25) is 0 Å². The van der Waals surface area contributed by atoms with Crippen LogP contribution in [0.4, 0.5) is 4.39 Å². The summed E-state index contributed by atoms with van der Waals surface area (Å²) in [6.07, 6.45) is 0. The summed E-state index contributed by atoms with van der Waals surface area (Å²) in [6, 6.07) is 4.61. The summed E-state index contributed by atoms with van der Waals surface area (Å²) in [5.41, 5.74) is 0.814. The van der Waals surface area contributed by atoms with Crippen LogP contribution in [0, 0.1) is 5.82 Å². The van der Waals surface area contributed by atoms with Crippen LogP contribution in [-0.2, 0) is 11.4 Å². The number of hydrogen-bond acceptors (Lipinski definition) is 2. The summed E-state index contributed by atoms with van der Waals surface area (Å²) in [4.78, 5) is 0. The number of halogens is 2. The van der Waals surface area contributed by atoms with Gasteiger partial charge in [-0.05, 0) is 45.9 Å². The summed E-state index contributed by atoms with van der Waals surface area (Å²) in [5.74, 6) is -0.361. The molecule has 94 valence electrons. The maximum absolute atomic E-state index is 13.6. The number of nitrogens with zero attached hydrogens (tertiary/aromatic N) is 1. The van der Waals surface area contributed by atoms with E-state index in [1.807, 2.05) is 20.8 Å². The van der Waals surface area contributed by atoms with E-state index in [0.717, 1.165) is 4.47 Å². The molecule has 0 spiro atoms. The molecule has 0 fully saturated rings. The highest BCUT2D eigenvalue weighted by Crippen LogP contribution is 2.21. The third-order valence-corrected chi connectivity index (χ3v) is 4.04. The summed E-state index contributed by atoms with van der Waals surface area (Å²) >= 11 is 1.90. The summed E-state index contributed by atoms with van der Waals surface area (Å²) in [7, 11) is 0. The molecule has 5 heteroatoms. The molecule has 0 bridgehead atoms. The Bertz CT molecular complexity index is 443.